The molecule has 0 saturated carbocycles. The Kier molecular flexibility index (Phi) is 4.26. The Balaban J connectivity index is 2.87. The summed E-state index contributed by atoms with van der Waals surface area (Å²) >= 11 is 0. The minimum atomic E-state index is -0.620. The van der Waals surface area contributed by atoms with Crippen molar-refractivity contribution in [1.82, 2.24) is 0 Å². The molecular weight excluding hydrogens is 216 g/mol. The molecule has 0 amide bonds. The van der Waals surface area contributed by atoms with E-state index in [0.717, 1.165) is 24.5 Å². The zero-order valence-corrected chi connectivity index (χ0v) is 12.6. The van der Waals surface area contributed by atoms with Crippen LogP contribution in [0.4, 0.5) is 0 Å². The van der Waals surface area contributed by atoms with Crippen LogP contribution in [-0.4, -0.2) is 15.2 Å². The smallest absolute Gasteiger partial charge is 0.0399 e. The highest BCUT2D eigenvalue weighted by Gasteiger charge is 2.37. The lowest BCUT2D eigenvalue weighted by atomic mass is 9.73. The summed E-state index contributed by atoms with van der Waals surface area (Å²) in [6.45, 7) is 13.7. The van der Waals surface area contributed by atoms with E-state index in [-0.39, 0.29) is 5.41 Å². The first-order valence-corrected chi connectivity index (χ1v) is 7.88. The average Bonchev–Trinajstić information content (AvgIpc) is 2.23. The van der Waals surface area contributed by atoms with Gasteiger partial charge in [-0.3, -0.25) is 4.21 Å². The van der Waals surface area contributed by atoms with Crippen molar-refractivity contribution in [2.45, 2.75) is 66.1 Å². The standard InChI is InChI=1S/C14H28OS/c1-13(2,3)11-8-7-9-16(15)12(10-11)14(4,5)6/h11-12H,7-10H2,1-6H3. The highest BCUT2D eigenvalue weighted by atomic mass is 32.2. The molecule has 0 aromatic heterocycles. The van der Waals surface area contributed by atoms with Crippen LogP contribution >= 0.6 is 0 Å². The average molecular weight is 244 g/mol. The molecule has 1 rings (SSSR count). The van der Waals surface area contributed by atoms with Gasteiger partial charge in [-0.2, -0.15) is 0 Å². The van der Waals surface area contributed by atoms with Crippen LogP contribution in [0.1, 0.15) is 60.8 Å². The zero-order chi connectivity index (χ0) is 12.6. The largest absolute Gasteiger partial charge is 0.259 e. The van der Waals surface area contributed by atoms with Gasteiger partial charge in [-0.05, 0) is 36.0 Å². The van der Waals surface area contributed by atoms with Crippen molar-refractivity contribution in [2.24, 2.45) is 16.7 Å². The first-order valence-electron chi connectivity index (χ1n) is 6.49. The van der Waals surface area contributed by atoms with E-state index < -0.39 is 10.8 Å². The Bertz CT molecular complexity index is 257. The van der Waals surface area contributed by atoms with Gasteiger partial charge in [0, 0.05) is 21.8 Å². The summed E-state index contributed by atoms with van der Waals surface area (Å²) in [4.78, 5) is 0. The number of rotatable bonds is 0. The van der Waals surface area contributed by atoms with E-state index in [2.05, 4.69) is 41.5 Å². The molecule has 0 N–H and O–H groups in total. The molecule has 0 aromatic rings. The predicted octanol–water partition coefficient (Wildman–Crippen LogP) is 4.00. The van der Waals surface area contributed by atoms with Crippen molar-refractivity contribution >= 4 is 10.8 Å². The molecule has 1 fully saturated rings. The van der Waals surface area contributed by atoms with E-state index in [4.69, 9.17) is 0 Å². The number of hydrogen-bond donors (Lipinski definition) is 0. The van der Waals surface area contributed by atoms with Gasteiger partial charge >= 0.3 is 0 Å². The Morgan fingerprint density at radius 1 is 1.00 bits per heavy atom. The van der Waals surface area contributed by atoms with Crippen molar-refractivity contribution in [3.63, 3.8) is 0 Å². The van der Waals surface area contributed by atoms with Crippen molar-refractivity contribution in [3.8, 4) is 0 Å². The molecule has 0 radical (unpaired) electrons. The Morgan fingerprint density at radius 2 is 1.56 bits per heavy atom. The van der Waals surface area contributed by atoms with E-state index in [1.54, 1.807) is 0 Å². The van der Waals surface area contributed by atoms with Crippen molar-refractivity contribution < 1.29 is 4.21 Å². The van der Waals surface area contributed by atoms with Crippen LogP contribution in [0.5, 0.6) is 0 Å². The summed E-state index contributed by atoms with van der Waals surface area (Å²) in [7, 11) is -0.620. The Morgan fingerprint density at radius 3 is 2.00 bits per heavy atom. The van der Waals surface area contributed by atoms with E-state index in [9.17, 15) is 4.21 Å². The van der Waals surface area contributed by atoms with E-state index in [1.165, 1.54) is 6.42 Å². The number of hydrogen-bond acceptors (Lipinski definition) is 1. The quantitative estimate of drug-likeness (QED) is 0.629. The van der Waals surface area contributed by atoms with Crippen LogP contribution in [-0.2, 0) is 10.8 Å². The third-order valence-corrected chi connectivity index (χ3v) is 6.13. The van der Waals surface area contributed by atoms with Crippen molar-refractivity contribution in [1.29, 1.82) is 0 Å². The lowest BCUT2D eigenvalue weighted by Gasteiger charge is -2.36. The fourth-order valence-corrected chi connectivity index (χ4v) is 4.60. The second-order valence-electron chi connectivity index (χ2n) is 7.38. The van der Waals surface area contributed by atoms with Gasteiger partial charge < -0.3 is 0 Å². The highest BCUT2D eigenvalue weighted by Crippen LogP contribution is 2.40. The van der Waals surface area contributed by atoms with Crippen LogP contribution in [0.3, 0.4) is 0 Å². The fourth-order valence-electron chi connectivity index (χ4n) is 2.63. The van der Waals surface area contributed by atoms with Gasteiger partial charge in [-0.25, -0.2) is 0 Å². The molecule has 16 heavy (non-hydrogen) atoms. The highest BCUT2D eigenvalue weighted by molar-refractivity contribution is 7.85. The third kappa shape index (κ3) is 3.58. The van der Waals surface area contributed by atoms with Gasteiger partial charge in [-0.15, -0.1) is 0 Å². The molecule has 0 spiro atoms. The lowest BCUT2D eigenvalue weighted by molar-refractivity contribution is 0.191. The van der Waals surface area contributed by atoms with E-state index in [1.807, 2.05) is 0 Å². The summed E-state index contributed by atoms with van der Waals surface area (Å²) in [5.74, 6) is 1.64. The molecule has 0 aliphatic carbocycles. The first-order chi connectivity index (χ1) is 7.12. The van der Waals surface area contributed by atoms with E-state index >= 15 is 0 Å². The normalized spacial score (nSPS) is 33.5. The minimum absolute atomic E-state index is 0.179. The van der Waals surface area contributed by atoms with Crippen LogP contribution < -0.4 is 0 Å². The molecule has 1 heterocycles. The molecular formula is C14H28OS. The van der Waals surface area contributed by atoms with Gasteiger partial charge in [0.25, 0.3) is 0 Å². The van der Waals surface area contributed by atoms with Gasteiger partial charge in [0.2, 0.25) is 0 Å². The molecule has 96 valence electrons. The molecule has 2 heteroatoms. The maximum Gasteiger partial charge on any atom is 0.0399 e. The molecule has 3 atom stereocenters. The van der Waals surface area contributed by atoms with Crippen molar-refractivity contribution in [2.75, 3.05) is 5.75 Å². The molecule has 1 nitrogen and oxygen atoms in total. The summed E-state index contributed by atoms with van der Waals surface area (Å²) < 4.78 is 12.2. The molecule has 0 aromatic carbocycles. The first kappa shape index (κ1) is 14.2. The third-order valence-electron chi connectivity index (χ3n) is 3.90. The molecule has 3 unspecified atom stereocenters. The zero-order valence-electron chi connectivity index (χ0n) is 11.8. The van der Waals surface area contributed by atoms with Gasteiger partial charge in [0.15, 0.2) is 0 Å². The van der Waals surface area contributed by atoms with Gasteiger partial charge in [0.05, 0.1) is 0 Å². The Hall–Kier alpha value is 0.150. The van der Waals surface area contributed by atoms with Crippen LogP contribution in [0, 0.1) is 16.7 Å². The van der Waals surface area contributed by atoms with Crippen molar-refractivity contribution in [3.05, 3.63) is 0 Å². The molecule has 1 aliphatic rings. The van der Waals surface area contributed by atoms with Gasteiger partial charge in [-0.1, -0.05) is 41.5 Å². The Labute approximate surface area is 104 Å². The summed E-state index contributed by atoms with van der Waals surface area (Å²) in [6.07, 6.45) is 3.53. The van der Waals surface area contributed by atoms with Gasteiger partial charge in [0.1, 0.15) is 0 Å². The molecule has 0 bridgehead atoms. The molecule has 1 aliphatic heterocycles. The van der Waals surface area contributed by atoms with Crippen LogP contribution in [0.2, 0.25) is 0 Å². The second-order valence-corrected chi connectivity index (χ2v) is 9.12. The maximum atomic E-state index is 12.2. The monoisotopic (exact) mass is 244 g/mol. The fraction of sp³-hybridized carbons (Fsp3) is 1.00. The van der Waals surface area contributed by atoms with Crippen LogP contribution in [0.25, 0.3) is 0 Å². The lowest BCUT2D eigenvalue weighted by Crippen LogP contribution is -2.34. The topological polar surface area (TPSA) is 17.1 Å². The molecule has 1 saturated heterocycles. The second kappa shape index (κ2) is 4.80. The summed E-state index contributed by atoms with van der Waals surface area (Å²) in [6, 6.07) is 0. The van der Waals surface area contributed by atoms with Crippen LogP contribution in [0.15, 0.2) is 0 Å². The summed E-state index contributed by atoms with van der Waals surface area (Å²) in [5, 5.41) is 0.374. The SMILES string of the molecule is CC(C)(C)C1CCCS(=O)C(C(C)(C)C)C1. The predicted molar refractivity (Wildman–Crippen MR) is 73.0 cm³/mol. The van der Waals surface area contributed by atoms with E-state index in [0.29, 0.717) is 10.7 Å². The maximum absolute atomic E-state index is 12.2. The summed E-state index contributed by atoms with van der Waals surface area (Å²) in [5.41, 5.74) is 0.538. The minimum Gasteiger partial charge on any atom is -0.259 e.